The van der Waals surface area contributed by atoms with Crippen molar-refractivity contribution in [2.45, 2.75) is 37.8 Å². The van der Waals surface area contributed by atoms with Gasteiger partial charge in [-0.25, -0.2) is 10.3 Å². The number of halogens is 1. The Morgan fingerprint density at radius 3 is 2.39 bits per heavy atom. The molecule has 0 spiro atoms. The summed E-state index contributed by atoms with van der Waals surface area (Å²) in [7, 11) is 0. The van der Waals surface area contributed by atoms with Gasteiger partial charge in [-0.3, -0.25) is 4.79 Å². The molecule has 98 valence electrons. The molecule has 1 aliphatic carbocycles. The van der Waals surface area contributed by atoms with Crippen molar-refractivity contribution in [2.24, 2.45) is 5.90 Å². The second-order valence-electron chi connectivity index (χ2n) is 4.59. The molecular weight excluding hydrogens is 235 g/mol. The number of rotatable bonds is 3. The van der Waals surface area contributed by atoms with Gasteiger partial charge in [-0.1, -0.05) is 0 Å². The Kier molecular flexibility index (Phi) is 4.28. The van der Waals surface area contributed by atoms with E-state index in [0.29, 0.717) is 5.56 Å². The topological polar surface area (TPSA) is 64.3 Å². The highest BCUT2D eigenvalue weighted by atomic mass is 19.1. The zero-order chi connectivity index (χ0) is 13.0. The van der Waals surface area contributed by atoms with Gasteiger partial charge in [0.1, 0.15) is 5.82 Å². The van der Waals surface area contributed by atoms with E-state index in [0.717, 1.165) is 25.7 Å². The maximum atomic E-state index is 12.7. The Labute approximate surface area is 105 Å². The largest absolute Gasteiger partial charge is 0.349 e. The zero-order valence-electron chi connectivity index (χ0n) is 10.1. The standard InChI is InChI=1S/C13H17FN2O2/c14-10-3-1-9(2-4-10)13(17)16-11-5-7-12(18-15)8-6-11/h1-4,11-12H,5-8,15H2,(H,16,17). The summed E-state index contributed by atoms with van der Waals surface area (Å²) in [5.41, 5.74) is 0.480. The Bertz CT molecular complexity index is 400. The van der Waals surface area contributed by atoms with Crippen molar-refractivity contribution < 1.29 is 14.0 Å². The fraction of sp³-hybridized carbons (Fsp3) is 0.462. The molecule has 1 saturated carbocycles. The number of carbonyl (C=O) groups excluding carboxylic acids is 1. The molecule has 0 unspecified atom stereocenters. The lowest BCUT2D eigenvalue weighted by molar-refractivity contribution is 0.0217. The minimum atomic E-state index is -0.341. The third-order valence-electron chi connectivity index (χ3n) is 3.31. The zero-order valence-corrected chi connectivity index (χ0v) is 10.1. The van der Waals surface area contributed by atoms with Crippen LogP contribution in [0.1, 0.15) is 36.0 Å². The summed E-state index contributed by atoms with van der Waals surface area (Å²) in [5.74, 6) is 4.63. The highest BCUT2D eigenvalue weighted by Gasteiger charge is 2.22. The van der Waals surface area contributed by atoms with E-state index in [4.69, 9.17) is 10.7 Å². The Balaban J connectivity index is 1.86. The highest BCUT2D eigenvalue weighted by Crippen LogP contribution is 2.20. The van der Waals surface area contributed by atoms with Crippen LogP contribution in [0.2, 0.25) is 0 Å². The van der Waals surface area contributed by atoms with Gasteiger partial charge in [-0.15, -0.1) is 0 Å². The first-order valence-corrected chi connectivity index (χ1v) is 6.11. The van der Waals surface area contributed by atoms with Gasteiger partial charge in [0.2, 0.25) is 0 Å². The monoisotopic (exact) mass is 252 g/mol. The first-order valence-electron chi connectivity index (χ1n) is 6.11. The molecule has 0 atom stereocenters. The van der Waals surface area contributed by atoms with E-state index < -0.39 is 0 Å². The average molecular weight is 252 g/mol. The van der Waals surface area contributed by atoms with E-state index in [9.17, 15) is 9.18 Å². The lowest BCUT2D eigenvalue weighted by Crippen LogP contribution is -2.39. The Hall–Kier alpha value is -1.46. The van der Waals surface area contributed by atoms with Crippen LogP contribution in [0, 0.1) is 5.82 Å². The maximum Gasteiger partial charge on any atom is 0.251 e. The van der Waals surface area contributed by atoms with E-state index in [-0.39, 0.29) is 23.9 Å². The lowest BCUT2D eigenvalue weighted by Gasteiger charge is -2.27. The predicted molar refractivity (Wildman–Crippen MR) is 65.2 cm³/mol. The van der Waals surface area contributed by atoms with Gasteiger partial charge < -0.3 is 10.2 Å². The predicted octanol–water partition coefficient (Wildman–Crippen LogP) is 1.76. The molecule has 4 nitrogen and oxygen atoms in total. The summed E-state index contributed by atoms with van der Waals surface area (Å²) in [5, 5.41) is 2.94. The fourth-order valence-electron chi connectivity index (χ4n) is 2.21. The number of amides is 1. The third-order valence-corrected chi connectivity index (χ3v) is 3.31. The van der Waals surface area contributed by atoms with Crippen LogP contribution in [0.5, 0.6) is 0 Å². The SMILES string of the molecule is NOC1CCC(NC(=O)c2ccc(F)cc2)CC1. The van der Waals surface area contributed by atoms with Gasteiger partial charge in [0.05, 0.1) is 6.10 Å². The molecule has 1 aromatic rings. The van der Waals surface area contributed by atoms with Crippen molar-refractivity contribution in [1.82, 2.24) is 5.32 Å². The van der Waals surface area contributed by atoms with Gasteiger partial charge in [-0.2, -0.15) is 0 Å². The number of hydrogen-bond donors (Lipinski definition) is 2. The van der Waals surface area contributed by atoms with Crippen LogP contribution in [0.15, 0.2) is 24.3 Å². The van der Waals surface area contributed by atoms with Crippen LogP contribution in [0.3, 0.4) is 0 Å². The minimum absolute atomic E-state index is 0.101. The van der Waals surface area contributed by atoms with Crippen molar-refractivity contribution in [3.8, 4) is 0 Å². The Morgan fingerprint density at radius 2 is 1.83 bits per heavy atom. The van der Waals surface area contributed by atoms with E-state index in [2.05, 4.69) is 5.32 Å². The first kappa shape index (κ1) is 13.0. The van der Waals surface area contributed by atoms with E-state index in [1.807, 2.05) is 0 Å². The van der Waals surface area contributed by atoms with Crippen LogP contribution in [0.25, 0.3) is 0 Å². The molecule has 1 amide bonds. The van der Waals surface area contributed by atoms with Crippen LogP contribution >= 0.6 is 0 Å². The molecule has 0 saturated heterocycles. The normalized spacial score (nSPS) is 23.7. The number of nitrogens with two attached hydrogens (primary N) is 1. The molecule has 0 bridgehead atoms. The average Bonchev–Trinajstić information content (AvgIpc) is 2.40. The van der Waals surface area contributed by atoms with Gasteiger partial charge in [0.25, 0.3) is 5.91 Å². The molecule has 2 rings (SSSR count). The molecule has 5 heteroatoms. The van der Waals surface area contributed by atoms with E-state index in [1.54, 1.807) is 0 Å². The fourth-order valence-corrected chi connectivity index (χ4v) is 2.21. The minimum Gasteiger partial charge on any atom is -0.349 e. The molecule has 0 aromatic heterocycles. The first-order chi connectivity index (χ1) is 8.69. The van der Waals surface area contributed by atoms with Crippen molar-refractivity contribution >= 4 is 5.91 Å². The number of hydrogen-bond acceptors (Lipinski definition) is 3. The van der Waals surface area contributed by atoms with Crippen LogP contribution in [-0.4, -0.2) is 18.1 Å². The smallest absolute Gasteiger partial charge is 0.251 e. The molecule has 1 aliphatic rings. The number of carbonyl (C=O) groups is 1. The van der Waals surface area contributed by atoms with Crippen LogP contribution in [0.4, 0.5) is 4.39 Å². The summed E-state index contributed by atoms with van der Waals surface area (Å²) >= 11 is 0. The van der Waals surface area contributed by atoms with Crippen LogP contribution in [-0.2, 0) is 4.84 Å². The Morgan fingerprint density at radius 1 is 1.22 bits per heavy atom. The summed E-state index contributed by atoms with van der Waals surface area (Å²) in [6.45, 7) is 0. The lowest BCUT2D eigenvalue weighted by atomic mass is 9.93. The second-order valence-corrected chi connectivity index (χ2v) is 4.59. The number of nitrogens with one attached hydrogen (secondary N) is 1. The van der Waals surface area contributed by atoms with E-state index in [1.165, 1.54) is 24.3 Å². The van der Waals surface area contributed by atoms with Crippen molar-refractivity contribution in [3.05, 3.63) is 35.6 Å². The summed E-state index contributed by atoms with van der Waals surface area (Å²) in [6, 6.07) is 5.69. The second kappa shape index (κ2) is 5.93. The van der Waals surface area contributed by atoms with Gasteiger partial charge in [-0.05, 0) is 49.9 Å². The molecule has 18 heavy (non-hydrogen) atoms. The molecule has 0 radical (unpaired) electrons. The van der Waals surface area contributed by atoms with Crippen LogP contribution < -0.4 is 11.2 Å². The maximum absolute atomic E-state index is 12.7. The molecule has 0 heterocycles. The van der Waals surface area contributed by atoms with Crippen molar-refractivity contribution in [1.29, 1.82) is 0 Å². The summed E-state index contributed by atoms with van der Waals surface area (Å²) < 4.78 is 12.7. The van der Waals surface area contributed by atoms with Gasteiger partial charge in [0, 0.05) is 11.6 Å². The molecule has 0 aliphatic heterocycles. The summed E-state index contributed by atoms with van der Waals surface area (Å²) in [6.07, 6.45) is 3.52. The van der Waals surface area contributed by atoms with Crippen molar-refractivity contribution in [2.75, 3.05) is 0 Å². The van der Waals surface area contributed by atoms with Crippen molar-refractivity contribution in [3.63, 3.8) is 0 Å². The molecule has 1 aromatic carbocycles. The van der Waals surface area contributed by atoms with E-state index >= 15 is 0 Å². The number of benzene rings is 1. The molecule has 1 fully saturated rings. The third kappa shape index (κ3) is 3.27. The van der Waals surface area contributed by atoms with Gasteiger partial charge in [0.15, 0.2) is 0 Å². The molecular formula is C13H17FN2O2. The molecule has 3 N–H and O–H groups in total. The van der Waals surface area contributed by atoms with Gasteiger partial charge >= 0.3 is 0 Å². The summed E-state index contributed by atoms with van der Waals surface area (Å²) in [4.78, 5) is 16.7. The highest BCUT2D eigenvalue weighted by molar-refractivity contribution is 5.94. The quantitative estimate of drug-likeness (QED) is 0.806.